The average Bonchev–Trinajstić information content (AvgIpc) is 3.38. The number of carbonyl (C=O) groups excluding carboxylic acids is 2. The highest BCUT2D eigenvalue weighted by Gasteiger charge is 2.42. The van der Waals surface area contributed by atoms with Crippen LogP contribution in [0.2, 0.25) is 0 Å². The zero-order valence-electron chi connectivity index (χ0n) is 20.9. The molecule has 1 aliphatic rings. The van der Waals surface area contributed by atoms with E-state index in [1.807, 2.05) is 25.3 Å². The molecule has 0 saturated carbocycles. The smallest absolute Gasteiger partial charge is 0.349 e. The van der Waals surface area contributed by atoms with E-state index in [0.717, 1.165) is 10.6 Å². The molecule has 12 heteroatoms. The van der Waals surface area contributed by atoms with Gasteiger partial charge in [0.15, 0.2) is 0 Å². The van der Waals surface area contributed by atoms with Crippen molar-refractivity contribution in [3.8, 4) is 5.75 Å². The molecule has 4 rings (SSSR count). The van der Waals surface area contributed by atoms with Crippen LogP contribution in [0.15, 0.2) is 72.1 Å². The minimum absolute atomic E-state index is 0.0253. The first-order chi connectivity index (χ1) is 18.4. The van der Waals surface area contributed by atoms with Gasteiger partial charge in [-0.15, -0.1) is 11.3 Å². The van der Waals surface area contributed by atoms with Gasteiger partial charge in [-0.2, -0.15) is 0 Å². The van der Waals surface area contributed by atoms with Crippen LogP contribution in [0.1, 0.15) is 45.5 Å². The maximum atomic E-state index is 12.0. The number of esters is 2. The van der Waals surface area contributed by atoms with E-state index >= 15 is 0 Å². The molecule has 1 aliphatic heterocycles. The lowest BCUT2D eigenvalue weighted by molar-refractivity contribution is -0.166. The highest BCUT2D eigenvalue weighted by molar-refractivity contribution is 7.10. The van der Waals surface area contributed by atoms with Crippen molar-refractivity contribution in [2.24, 2.45) is 5.73 Å². The number of carbonyl (C=O) groups is 4. The summed E-state index contributed by atoms with van der Waals surface area (Å²) in [6.45, 7) is 3.69. The maximum absolute atomic E-state index is 12.0. The Kier molecular flexibility index (Phi) is 9.41. The third-order valence-corrected chi connectivity index (χ3v) is 6.63. The number of ether oxygens (including phenoxy) is 3. The van der Waals surface area contributed by atoms with Gasteiger partial charge in [0.25, 0.3) is 0 Å². The number of aliphatic hydroxyl groups is 1. The molecule has 206 valence electrons. The molecule has 0 spiro atoms. The zero-order valence-corrected chi connectivity index (χ0v) is 21.7. The molecule has 1 aromatic heterocycles. The van der Waals surface area contributed by atoms with Crippen LogP contribution in [0.4, 0.5) is 0 Å². The third-order valence-electron chi connectivity index (χ3n) is 5.63. The minimum atomic E-state index is -2.21. The largest absolute Gasteiger partial charge is 0.484 e. The van der Waals surface area contributed by atoms with Gasteiger partial charge in [-0.3, -0.25) is 0 Å². The van der Waals surface area contributed by atoms with Gasteiger partial charge in [0.2, 0.25) is 12.2 Å². The molecule has 39 heavy (non-hydrogen) atoms. The third kappa shape index (κ3) is 7.19. The van der Waals surface area contributed by atoms with E-state index in [1.54, 1.807) is 12.1 Å². The van der Waals surface area contributed by atoms with Gasteiger partial charge in [-0.25, -0.2) is 19.2 Å². The summed E-state index contributed by atoms with van der Waals surface area (Å²) in [6, 6.07) is 16.4. The van der Waals surface area contributed by atoms with Gasteiger partial charge in [0.1, 0.15) is 17.5 Å². The van der Waals surface area contributed by atoms with Gasteiger partial charge < -0.3 is 35.3 Å². The molecular formula is C27H27NO10S. The van der Waals surface area contributed by atoms with E-state index < -0.39 is 47.8 Å². The summed E-state index contributed by atoms with van der Waals surface area (Å²) in [5.74, 6) is -4.82. The van der Waals surface area contributed by atoms with Crippen molar-refractivity contribution in [2.75, 3.05) is 0 Å². The number of hydrogen-bond donors (Lipinski definition) is 4. The summed E-state index contributed by atoms with van der Waals surface area (Å²) in [4.78, 5) is 47.8. The lowest BCUT2D eigenvalue weighted by Gasteiger charge is -2.39. The number of aliphatic carboxylic acids is 2. The number of fused-ring (bicyclic) bond motifs is 1. The summed E-state index contributed by atoms with van der Waals surface area (Å²) in [5, 5.41) is 30.2. The second-order valence-corrected chi connectivity index (χ2v) is 9.83. The molecule has 11 nitrogen and oxygen atoms in total. The topological polar surface area (TPSA) is 183 Å². The molecule has 2 aromatic carbocycles. The summed E-state index contributed by atoms with van der Waals surface area (Å²) >= 11 is 1.53. The van der Waals surface area contributed by atoms with Crippen molar-refractivity contribution in [3.05, 3.63) is 88.1 Å². The Morgan fingerprint density at radius 3 is 1.69 bits per heavy atom. The number of benzene rings is 2. The first-order valence-corrected chi connectivity index (χ1v) is 12.5. The second kappa shape index (κ2) is 12.5. The molecule has 0 bridgehead atoms. The Balaban J connectivity index is 0.000000268. The molecule has 4 atom stereocenters. The van der Waals surface area contributed by atoms with Crippen LogP contribution in [0.25, 0.3) is 0 Å². The Labute approximate surface area is 227 Å². The fourth-order valence-corrected chi connectivity index (χ4v) is 4.40. The van der Waals surface area contributed by atoms with E-state index in [1.165, 1.54) is 59.9 Å². The van der Waals surface area contributed by atoms with Crippen molar-refractivity contribution in [1.82, 2.24) is 0 Å². The van der Waals surface area contributed by atoms with Gasteiger partial charge in [0, 0.05) is 0 Å². The number of nitrogens with two attached hydrogens (primary N) is 1. The van der Waals surface area contributed by atoms with Crippen molar-refractivity contribution < 1.29 is 48.7 Å². The Morgan fingerprint density at radius 1 is 0.846 bits per heavy atom. The second-order valence-electron chi connectivity index (χ2n) is 8.89. The van der Waals surface area contributed by atoms with Crippen molar-refractivity contribution >= 4 is 35.2 Å². The number of thiophene rings is 1. The molecule has 2 heterocycles. The van der Waals surface area contributed by atoms with Gasteiger partial charge >= 0.3 is 23.9 Å². The summed E-state index contributed by atoms with van der Waals surface area (Å²) < 4.78 is 15.1. The van der Waals surface area contributed by atoms with E-state index in [0.29, 0.717) is 0 Å². The van der Waals surface area contributed by atoms with Crippen LogP contribution in [-0.2, 0) is 19.1 Å². The van der Waals surface area contributed by atoms with E-state index in [4.69, 9.17) is 19.9 Å². The quantitative estimate of drug-likeness (QED) is 0.313. The summed E-state index contributed by atoms with van der Waals surface area (Å²) in [5.41, 5.74) is 5.35. The number of hydrogen-bond acceptors (Lipinski definition) is 10. The monoisotopic (exact) mass is 557 g/mol. The molecular weight excluding hydrogens is 530 g/mol. The average molecular weight is 558 g/mol. The van der Waals surface area contributed by atoms with E-state index in [2.05, 4.69) is 0 Å². The van der Waals surface area contributed by atoms with E-state index in [9.17, 15) is 34.5 Å². The molecule has 0 fully saturated rings. The highest BCUT2D eigenvalue weighted by atomic mass is 32.1. The molecule has 0 saturated heterocycles. The van der Waals surface area contributed by atoms with Crippen LogP contribution in [-0.4, -0.2) is 63.1 Å². The fourth-order valence-electron chi connectivity index (χ4n) is 3.55. The zero-order chi connectivity index (χ0) is 28.7. The number of rotatable bonds is 7. The molecule has 5 N–H and O–H groups in total. The molecule has 0 amide bonds. The predicted molar refractivity (Wildman–Crippen MR) is 139 cm³/mol. The lowest BCUT2D eigenvalue weighted by atomic mass is 9.91. The lowest BCUT2D eigenvalue weighted by Crippen LogP contribution is -2.50. The Hall–Kier alpha value is -4.26. The molecule has 0 unspecified atom stereocenters. The van der Waals surface area contributed by atoms with Crippen LogP contribution < -0.4 is 10.5 Å². The fraction of sp³-hybridized carbons (Fsp3) is 0.259. The number of aliphatic hydroxyl groups excluding tert-OH is 1. The standard InChI is InChI=1S/C18H14O8.C9H13NO2S/c19-15(20)13(25-17(23)11-7-3-1-4-8-11)14(16(21)22)26-18(24)12-9-5-2-6-10-12;1-9(2)8(11)6(10)7-5(12-9)3-4-13-7/h1-10,13-14H,(H,19,20)(H,21,22);3-4,6,8,11H,10H2,1-2H3/t13-,14-;6-,8+/m00/s1. The first kappa shape index (κ1) is 29.3. The van der Waals surface area contributed by atoms with Crippen LogP contribution in [0.3, 0.4) is 0 Å². The maximum Gasteiger partial charge on any atom is 0.349 e. The predicted octanol–water partition coefficient (Wildman–Crippen LogP) is 2.89. The van der Waals surface area contributed by atoms with Gasteiger partial charge in [-0.1, -0.05) is 36.4 Å². The Bertz CT molecular complexity index is 1240. The summed E-state index contributed by atoms with van der Waals surface area (Å²) in [6.07, 6.45) is -5.07. The van der Waals surface area contributed by atoms with Crippen LogP contribution in [0, 0.1) is 0 Å². The van der Waals surface area contributed by atoms with Gasteiger partial charge in [0.05, 0.1) is 22.0 Å². The van der Waals surface area contributed by atoms with Gasteiger partial charge in [-0.05, 0) is 49.6 Å². The van der Waals surface area contributed by atoms with E-state index in [-0.39, 0.29) is 17.2 Å². The normalized spacial score (nSPS) is 18.6. The molecule has 0 radical (unpaired) electrons. The van der Waals surface area contributed by atoms with Crippen molar-refractivity contribution in [1.29, 1.82) is 0 Å². The minimum Gasteiger partial charge on any atom is -0.484 e. The van der Waals surface area contributed by atoms with Crippen molar-refractivity contribution in [3.63, 3.8) is 0 Å². The summed E-state index contributed by atoms with van der Waals surface area (Å²) in [7, 11) is 0. The molecule has 3 aromatic rings. The molecule has 0 aliphatic carbocycles. The SMILES string of the molecule is CC1(C)Oc2ccsc2[C@H](N)[C@H]1O.O=C(O[C@H](C(=O)O)[C@H](OC(=O)c1ccccc1)C(=O)O)c1ccccc1. The number of carboxylic acids is 2. The number of carboxylic acid groups (broad SMARTS) is 2. The van der Waals surface area contributed by atoms with Crippen molar-refractivity contribution in [2.45, 2.75) is 43.8 Å². The highest BCUT2D eigenvalue weighted by Crippen LogP contribution is 2.41. The Morgan fingerprint density at radius 2 is 1.28 bits per heavy atom. The van der Waals surface area contributed by atoms with Crippen LogP contribution in [0.5, 0.6) is 5.75 Å². The first-order valence-electron chi connectivity index (χ1n) is 11.6. The van der Waals surface area contributed by atoms with Crippen LogP contribution >= 0.6 is 11.3 Å².